The van der Waals surface area contributed by atoms with Gasteiger partial charge in [-0.05, 0) is 61.1 Å². The topological polar surface area (TPSA) is 12.0 Å². The molecule has 1 nitrogen and oxygen atoms in total. The number of hydrogen-bond acceptors (Lipinski definition) is 1. The van der Waals surface area contributed by atoms with Crippen LogP contribution in [0.15, 0.2) is 18.2 Å². The molecule has 3 rings (SSSR count). The summed E-state index contributed by atoms with van der Waals surface area (Å²) in [6, 6.07) is 5.19. The number of halogens is 2. The molecule has 104 valence electrons. The van der Waals surface area contributed by atoms with Crippen molar-refractivity contribution >= 4 is 11.6 Å². The number of fused-ring (bicyclic) bond motifs is 1. The molecule has 2 aliphatic rings. The Balaban J connectivity index is 1.79. The van der Waals surface area contributed by atoms with Gasteiger partial charge >= 0.3 is 0 Å². The highest BCUT2D eigenvalue weighted by Crippen LogP contribution is 2.60. The summed E-state index contributed by atoms with van der Waals surface area (Å²) in [6.45, 7) is 4.16. The van der Waals surface area contributed by atoms with Crippen molar-refractivity contribution < 1.29 is 4.39 Å². The Hall–Kier alpha value is -0.600. The Morgan fingerprint density at radius 3 is 2.79 bits per heavy atom. The fourth-order valence-electron chi connectivity index (χ4n) is 3.84. The number of nitrogens with one attached hydrogen (secondary N) is 1. The summed E-state index contributed by atoms with van der Waals surface area (Å²) in [5.41, 5.74) is 1.27. The van der Waals surface area contributed by atoms with Crippen LogP contribution in [0.1, 0.15) is 31.7 Å². The summed E-state index contributed by atoms with van der Waals surface area (Å²) >= 11 is 6.12. The van der Waals surface area contributed by atoms with Gasteiger partial charge in [0, 0.05) is 6.54 Å². The van der Waals surface area contributed by atoms with Gasteiger partial charge in [-0.25, -0.2) is 4.39 Å². The van der Waals surface area contributed by atoms with Crippen molar-refractivity contribution in [2.24, 2.45) is 17.3 Å². The molecule has 0 heterocycles. The molecule has 1 N–H and O–H groups in total. The smallest absolute Gasteiger partial charge is 0.142 e. The molecule has 1 aromatic rings. The third-order valence-electron chi connectivity index (χ3n) is 4.81. The average Bonchev–Trinajstić information content (AvgIpc) is 3.01. The lowest BCUT2D eigenvalue weighted by Gasteiger charge is -2.32. The summed E-state index contributed by atoms with van der Waals surface area (Å²) in [7, 11) is 0. The zero-order valence-electron chi connectivity index (χ0n) is 11.4. The molecule has 2 fully saturated rings. The summed E-state index contributed by atoms with van der Waals surface area (Å²) in [6.07, 6.45) is 4.86. The van der Waals surface area contributed by atoms with Crippen LogP contribution in [0, 0.1) is 23.1 Å². The fraction of sp³-hybridized carbons (Fsp3) is 0.625. The van der Waals surface area contributed by atoms with Gasteiger partial charge in [0.2, 0.25) is 0 Å². The normalized spacial score (nSPS) is 32.4. The van der Waals surface area contributed by atoms with E-state index in [9.17, 15) is 4.39 Å². The zero-order valence-corrected chi connectivity index (χ0v) is 12.1. The van der Waals surface area contributed by atoms with Crippen molar-refractivity contribution in [3.63, 3.8) is 0 Å². The molecule has 2 saturated carbocycles. The predicted octanol–water partition coefficient (Wildman–Crippen LogP) is 4.05. The third kappa shape index (κ3) is 2.66. The van der Waals surface area contributed by atoms with Crippen LogP contribution in [-0.4, -0.2) is 13.1 Å². The van der Waals surface area contributed by atoms with E-state index in [0.717, 1.165) is 36.9 Å². The van der Waals surface area contributed by atoms with E-state index in [0.29, 0.717) is 10.4 Å². The highest BCUT2D eigenvalue weighted by molar-refractivity contribution is 6.31. The van der Waals surface area contributed by atoms with Gasteiger partial charge in [-0.1, -0.05) is 30.7 Å². The van der Waals surface area contributed by atoms with E-state index in [-0.39, 0.29) is 5.82 Å². The van der Waals surface area contributed by atoms with E-state index in [1.807, 2.05) is 6.07 Å². The average molecular weight is 282 g/mol. The zero-order chi connectivity index (χ0) is 13.5. The Morgan fingerprint density at radius 1 is 1.37 bits per heavy atom. The molecule has 0 radical (unpaired) electrons. The maximum Gasteiger partial charge on any atom is 0.142 e. The second kappa shape index (κ2) is 5.06. The first-order valence-electron chi connectivity index (χ1n) is 7.27. The molecule has 0 spiro atoms. The lowest BCUT2D eigenvalue weighted by molar-refractivity contribution is 0.250. The SMILES string of the molecule is CCNCC1(Cc2cccc(F)c2Cl)CC2CC2C1. The first-order chi connectivity index (χ1) is 9.13. The van der Waals surface area contributed by atoms with Crippen LogP contribution >= 0.6 is 11.6 Å². The van der Waals surface area contributed by atoms with E-state index >= 15 is 0 Å². The van der Waals surface area contributed by atoms with E-state index in [1.54, 1.807) is 6.07 Å². The first kappa shape index (κ1) is 13.4. The van der Waals surface area contributed by atoms with E-state index in [2.05, 4.69) is 12.2 Å². The highest BCUT2D eigenvalue weighted by Gasteiger charge is 2.53. The maximum atomic E-state index is 13.6. The summed E-state index contributed by atoms with van der Waals surface area (Å²) in [4.78, 5) is 0. The lowest BCUT2D eigenvalue weighted by atomic mass is 9.77. The van der Waals surface area contributed by atoms with Gasteiger partial charge in [0.25, 0.3) is 0 Å². The van der Waals surface area contributed by atoms with Crippen molar-refractivity contribution in [2.75, 3.05) is 13.1 Å². The van der Waals surface area contributed by atoms with Gasteiger partial charge in [-0.15, -0.1) is 0 Å². The summed E-state index contributed by atoms with van der Waals surface area (Å²) < 4.78 is 13.6. The third-order valence-corrected chi connectivity index (χ3v) is 5.23. The predicted molar refractivity (Wildman–Crippen MR) is 76.9 cm³/mol. The van der Waals surface area contributed by atoms with Crippen LogP contribution in [0.3, 0.4) is 0 Å². The molecule has 2 unspecified atom stereocenters. The maximum absolute atomic E-state index is 13.6. The molecule has 1 aromatic carbocycles. The molecule has 0 amide bonds. The van der Waals surface area contributed by atoms with E-state index in [1.165, 1.54) is 25.3 Å². The largest absolute Gasteiger partial charge is 0.316 e. The minimum atomic E-state index is -0.291. The molecule has 0 bridgehead atoms. The minimum Gasteiger partial charge on any atom is -0.316 e. The Morgan fingerprint density at radius 2 is 2.11 bits per heavy atom. The molecule has 3 heteroatoms. The van der Waals surface area contributed by atoms with Gasteiger partial charge < -0.3 is 5.32 Å². The van der Waals surface area contributed by atoms with E-state index < -0.39 is 0 Å². The van der Waals surface area contributed by atoms with Crippen LogP contribution in [-0.2, 0) is 6.42 Å². The van der Waals surface area contributed by atoms with Crippen LogP contribution in [0.2, 0.25) is 5.02 Å². The van der Waals surface area contributed by atoms with Crippen molar-refractivity contribution in [1.82, 2.24) is 5.32 Å². The minimum absolute atomic E-state index is 0.291. The molecular weight excluding hydrogens is 261 g/mol. The standard InChI is InChI=1S/C16H21ClFN/c1-2-19-10-16(8-12-6-13(12)9-16)7-11-4-3-5-14(18)15(11)17/h3-5,12-13,19H,2,6-10H2,1H3. The Bertz CT molecular complexity index is 464. The summed E-state index contributed by atoms with van der Waals surface area (Å²) in [5, 5.41) is 3.81. The van der Waals surface area contributed by atoms with Crippen molar-refractivity contribution in [3.05, 3.63) is 34.6 Å². The number of hydrogen-bond donors (Lipinski definition) is 1. The van der Waals surface area contributed by atoms with Crippen LogP contribution in [0.4, 0.5) is 4.39 Å². The highest BCUT2D eigenvalue weighted by atomic mass is 35.5. The van der Waals surface area contributed by atoms with Gasteiger partial charge in [0.1, 0.15) is 5.82 Å². The first-order valence-corrected chi connectivity index (χ1v) is 7.65. The van der Waals surface area contributed by atoms with Gasteiger partial charge in [-0.3, -0.25) is 0 Å². The quantitative estimate of drug-likeness (QED) is 0.859. The lowest BCUT2D eigenvalue weighted by Crippen LogP contribution is -2.35. The van der Waals surface area contributed by atoms with Crippen molar-refractivity contribution in [2.45, 2.75) is 32.6 Å². The van der Waals surface area contributed by atoms with Gasteiger partial charge in [-0.2, -0.15) is 0 Å². The number of rotatable bonds is 5. The van der Waals surface area contributed by atoms with Crippen molar-refractivity contribution in [3.8, 4) is 0 Å². The molecule has 2 aliphatic carbocycles. The summed E-state index contributed by atoms with van der Waals surface area (Å²) in [5.74, 6) is 1.55. The van der Waals surface area contributed by atoms with Crippen LogP contribution in [0.25, 0.3) is 0 Å². The van der Waals surface area contributed by atoms with Gasteiger partial charge in [0.05, 0.1) is 5.02 Å². The molecule has 2 atom stereocenters. The molecule has 19 heavy (non-hydrogen) atoms. The Kier molecular flexibility index (Phi) is 3.57. The van der Waals surface area contributed by atoms with Crippen LogP contribution in [0.5, 0.6) is 0 Å². The van der Waals surface area contributed by atoms with Gasteiger partial charge in [0.15, 0.2) is 0 Å². The second-order valence-electron chi connectivity index (χ2n) is 6.33. The molecule has 0 aromatic heterocycles. The molecule has 0 aliphatic heterocycles. The number of benzene rings is 1. The van der Waals surface area contributed by atoms with E-state index in [4.69, 9.17) is 11.6 Å². The molecular formula is C16H21ClFN. The Labute approximate surface area is 119 Å². The monoisotopic (exact) mass is 281 g/mol. The van der Waals surface area contributed by atoms with Crippen molar-refractivity contribution in [1.29, 1.82) is 0 Å². The molecule has 0 saturated heterocycles. The second-order valence-corrected chi connectivity index (χ2v) is 6.71. The fourth-order valence-corrected chi connectivity index (χ4v) is 4.03. The van der Waals surface area contributed by atoms with Crippen LogP contribution < -0.4 is 5.32 Å².